The fourth-order valence-corrected chi connectivity index (χ4v) is 5.81. The number of ether oxygens (including phenoxy) is 3. The molecule has 1 amide bonds. The van der Waals surface area contributed by atoms with Gasteiger partial charge in [-0.15, -0.1) is 0 Å². The molecule has 0 saturated carbocycles. The Labute approximate surface area is 251 Å². The topological polar surface area (TPSA) is 108 Å². The van der Waals surface area contributed by atoms with Gasteiger partial charge in [-0.3, -0.25) is 14.5 Å². The number of benzene rings is 2. The van der Waals surface area contributed by atoms with Crippen molar-refractivity contribution in [2.24, 2.45) is 5.92 Å². The number of hydrogen-bond donors (Lipinski definition) is 0. The maximum absolute atomic E-state index is 14.2. The molecule has 0 N–H and O–H groups in total. The SMILES string of the molecule is C=CCOC(=O)c1sc(N2C(=O)c3oc4ccc(F)cc4c(=O)c3C2c2ccc(OCCC(C)C)c(OCC)c2)nc1C. The van der Waals surface area contributed by atoms with Crippen molar-refractivity contribution in [3.05, 3.63) is 92.6 Å². The first-order chi connectivity index (χ1) is 20.6. The van der Waals surface area contributed by atoms with Crippen LogP contribution in [0.2, 0.25) is 0 Å². The number of nitrogens with zero attached hydrogens (tertiary/aromatic N) is 2. The van der Waals surface area contributed by atoms with Crippen molar-refractivity contribution < 1.29 is 32.6 Å². The van der Waals surface area contributed by atoms with E-state index >= 15 is 0 Å². The van der Waals surface area contributed by atoms with Crippen molar-refractivity contribution in [3.8, 4) is 11.5 Å². The Bertz CT molecular complexity index is 1780. The third-order valence-electron chi connectivity index (χ3n) is 6.88. The minimum atomic E-state index is -1.02. The third kappa shape index (κ3) is 5.77. The minimum absolute atomic E-state index is 0.00100. The molecule has 224 valence electrons. The Morgan fingerprint density at radius 1 is 1.19 bits per heavy atom. The first kappa shape index (κ1) is 30.0. The van der Waals surface area contributed by atoms with Crippen molar-refractivity contribution in [1.82, 2.24) is 4.98 Å². The lowest BCUT2D eigenvalue weighted by Gasteiger charge is -2.23. The number of carbonyl (C=O) groups is 2. The zero-order chi connectivity index (χ0) is 30.8. The van der Waals surface area contributed by atoms with Gasteiger partial charge in [0.15, 0.2) is 22.1 Å². The van der Waals surface area contributed by atoms with Crippen LogP contribution in [0.5, 0.6) is 11.5 Å². The molecule has 0 spiro atoms. The van der Waals surface area contributed by atoms with Crippen LogP contribution in [0.25, 0.3) is 11.0 Å². The fourth-order valence-electron chi connectivity index (χ4n) is 4.82. The van der Waals surface area contributed by atoms with Crippen LogP contribution >= 0.6 is 11.3 Å². The maximum atomic E-state index is 14.2. The van der Waals surface area contributed by atoms with Crippen LogP contribution in [0.4, 0.5) is 9.52 Å². The summed E-state index contributed by atoms with van der Waals surface area (Å²) in [6.45, 7) is 12.1. The second-order valence-electron chi connectivity index (χ2n) is 10.4. The Balaban J connectivity index is 1.68. The van der Waals surface area contributed by atoms with E-state index in [1.165, 1.54) is 17.0 Å². The summed E-state index contributed by atoms with van der Waals surface area (Å²) in [5.41, 5.74) is 0.422. The predicted octanol–water partition coefficient (Wildman–Crippen LogP) is 6.61. The molecular weight excluding hydrogens is 575 g/mol. The Morgan fingerprint density at radius 2 is 1.98 bits per heavy atom. The molecule has 0 saturated heterocycles. The quantitative estimate of drug-likeness (QED) is 0.139. The molecule has 1 unspecified atom stereocenters. The molecule has 2 aromatic carbocycles. The van der Waals surface area contributed by atoms with E-state index in [2.05, 4.69) is 25.4 Å². The molecule has 43 heavy (non-hydrogen) atoms. The average molecular weight is 607 g/mol. The van der Waals surface area contributed by atoms with Gasteiger partial charge < -0.3 is 18.6 Å². The summed E-state index contributed by atoms with van der Waals surface area (Å²) in [7, 11) is 0. The summed E-state index contributed by atoms with van der Waals surface area (Å²) < 4.78 is 37.2. The molecule has 1 aliphatic heterocycles. The van der Waals surface area contributed by atoms with Crippen LogP contribution in [-0.4, -0.2) is 36.7 Å². The second kappa shape index (κ2) is 12.4. The monoisotopic (exact) mass is 606 g/mol. The molecule has 0 fully saturated rings. The van der Waals surface area contributed by atoms with Crippen molar-refractivity contribution in [2.75, 3.05) is 24.7 Å². The van der Waals surface area contributed by atoms with Crippen LogP contribution < -0.4 is 19.8 Å². The number of fused-ring (bicyclic) bond motifs is 2. The van der Waals surface area contributed by atoms with Crippen molar-refractivity contribution in [2.45, 2.75) is 40.2 Å². The lowest BCUT2D eigenvalue weighted by atomic mass is 9.98. The van der Waals surface area contributed by atoms with Gasteiger partial charge in [-0.05, 0) is 62.1 Å². The van der Waals surface area contributed by atoms with Gasteiger partial charge in [-0.2, -0.15) is 0 Å². The summed E-state index contributed by atoms with van der Waals surface area (Å²) in [6.07, 6.45) is 2.29. The standard InChI is InChI=1S/C32H31FN2O7S/c1-6-13-41-31(38)29-18(5)34-32(43-29)35-26(19-8-10-23(24(15-19)39-7-2)40-14-12-17(3)4)25-27(36)21-16-20(33)9-11-22(21)42-28(25)30(35)37/h6,8-11,15-17,26H,1,7,12-14H2,2-5H3. The van der Waals surface area contributed by atoms with Gasteiger partial charge in [0, 0.05) is 0 Å². The average Bonchev–Trinajstić information content (AvgIpc) is 3.50. The highest BCUT2D eigenvalue weighted by Gasteiger charge is 2.45. The molecule has 0 bridgehead atoms. The molecule has 2 aromatic heterocycles. The number of aryl methyl sites for hydroxylation is 1. The van der Waals surface area contributed by atoms with E-state index < -0.39 is 29.2 Å². The number of aromatic nitrogens is 1. The first-order valence-electron chi connectivity index (χ1n) is 13.9. The van der Waals surface area contributed by atoms with E-state index in [9.17, 15) is 18.8 Å². The van der Waals surface area contributed by atoms with Gasteiger partial charge in [0.1, 0.15) is 22.9 Å². The Hall–Kier alpha value is -4.51. The lowest BCUT2D eigenvalue weighted by molar-refractivity contribution is 0.0554. The van der Waals surface area contributed by atoms with E-state index in [4.69, 9.17) is 18.6 Å². The minimum Gasteiger partial charge on any atom is -0.490 e. The number of carbonyl (C=O) groups excluding carboxylic acids is 2. The molecule has 0 radical (unpaired) electrons. The zero-order valence-electron chi connectivity index (χ0n) is 24.3. The van der Waals surface area contributed by atoms with Crippen LogP contribution in [0, 0.1) is 18.7 Å². The molecule has 5 rings (SSSR count). The van der Waals surface area contributed by atoms with E-state index in [1.54, 1.807) is 25.1 Å². The zero-order valence-corrected chi connectivity index (χ0v) is 25.1. The number of amides is 1. The Kier molecular flexibility index (Phi) is 8.63. The van der Waals surface area contributed by atoms with Gasteiger partial charge in [0.25, 0.3) is 5.91 Å². The fraction of sp³-hybridized carbons (Fsp3) is 0.312. The molecule has 1 aliphatic rings. The largest absolute Gasteiger partial charge is 0.490 e. The number of hydrogen-bond acceptors (Lipinski definition) is 9. The molecule has 9 nitrogen and oxygen atoms in total. The van der Waals surface area contributed by atoms with E-state index in [-0.39, 0.29) is 38.9 Å². The molecule has 11 heteroatoms. The van der Waals surface area contributed by atoms with E-state index in [1.807, 2.05) is 6.92 Å². The number of esters is 1. The van der Waals surface area contributed by atoms with Crippen molar-refractivity contribution in [1.29, 1.82) is 0 Å². The summed E-state index contributed by atoms with van der Waals surface area (Å²) in [5, 5.41) is 0.162. The molecular formula is C32H31FN2O7S. The molecule has 4 aromatic rings. The predicted molar refractivity (Wildman–Crippen MR) is 161 cm³/mol. The molecule has 1 atom stereocenters. The van der Waals surface area contributed by atoms with Gasteiger partial charge in [0.05, 0.1) is 35.9 Å². The number of thiazole rings is 1. The van der Waals surface area contributed by atoms with Crippen LogP contribution in [0.3, 0.4) is 0 Å². The van der Waals surface area contributed by atoms with E-state index in [0.717, 1.165) is 29.9 Å². The van der Waals surface area contributed by atoms with Crippen LogP contribution in [0.1, 0.15) is 70.3 Å². The second-order valence-corrected chi connectivity index (χ2v) is 11.3. The summed E-state index contributed by atoms with van der Waals surface area (Å²) in [4.78, 5) is 46.6. The smallest absolute Gasteiger partial charge is 0.350 e. The van der Waals surface area contributed by atoms with Gasteiger partial charge in [-0.1, -0.05) is 43.9 Å². The highest BCUT2D eigenvalue weighted by molar-refractivity contribution is 7.17. The number of halogens is 1. The first-order valence-corrected chi connectivity index (χ1v) is 14.7. The summed E-state index contributed by atoms with van der Waals surface area (Å²) in [6, 6.07) is 7.72. The van der Waals surface area contributed by atoms with Crippen LogP contribution in [-0.2, 0) is 4.74 Å². The van der Waals surface area contributed by atoms with Crippen molar-refractivity contribution >= 4 is 39.3 Å². The molecule has 3 heterocycles. The summed E-state index contributed by atoms with van der Waals surface area (Å²) in [5.74, 6) is -0.636. The van der Waals surface area contributed by atoms with Crippen LogP contribution in [0.15, 0.2) is 58.3 Å². The molecule has 0 aliphatic carbocycles. The summed E-state index contributed by atoms with van der Waals surface area (Å²) >= 11 is 0.958. The van der Waals surface area contributed by atoms with Gasteiger partial charge in [-0.25, -0.2) is 14.2 Å². The number of rotatable bonds is 11. The normalized spacial score (nSPS) is 14.3. The highest BCUT2D eigenvalue weighted by Crippen LogP contribution is 2.45. The Morgan fingerprint density at radius 3 is 2.70 bits per heavy atom. The third-order valence-corrected chi connectivity index (χ3v) is 8.01. The van der Waals surface area contributed by atoms with E-state index in [0.29, 0.717) is 41.9 Å². The van der Waals surface area contributed by atoms with Crippen molar-refractivity contribution in [3.63, 3.8) is 0 Å². The maximum Gasteiger partial charge on any atom is 0.350 e. The van der Waals surface area contributed by atoms with Gasteiger partial charge >= 0.3 is 5.97 Å². The highest BCUT2D eigenvalue weighted by atomic mass is 32.1. The van der Waals surface area contributed by atoms with Gasteiger partial charge in [0.2, 0.25) is 5.76 Å². The lowest BCUT2D eigenvalue weighted by Crippen LogP contribution is -2.29. The number of anilines is 1.